The highest BCUT2D eigenvalue weighted by Crippen LogP contribution is 2.45. The number of ketones is 1. The number of hydrogen-bond donors (Lipinski definition) is 1. The Morgan fingerprint density at radius 1 is 1.28 bits per heavy atom. The molecule has 0 amide bonds. The van der Waals surface area contributed by atoms with Crippen LogP contribution in [0, 0.1) is 0 Å². The van der Waals surface area contributed by atoms with Gasteiger partial charge in [-0.2, -0.15) is 11.8 Å². The normalized spacial score (nSPS) is 20.5. The predicted octanol–water partition coefficient (Wildman–Crippen LogP) is 3.68. The lowest BCUT2D eigenvalue weighted by molar-refractivity contribution is -0.138. The van der Waals surface area contributed by atoms with E-state index in [1.807, 2.05) is 25.1 Å². The summed E-state index contributed by atoms with van der Waals surface area (Å²) in [5.41, 5.74) is 3.68. The fraction of sp³-hybridized carbons (Fsp3) is 0.455. The van der Waals surface area contributed by atoms with Crippen LogP contribution in [-0.2, 0) is 14.3 Å². The minimum atomic E-state index is -0.458. The van der Waals surface area contributed by atoms with Gasteiger partial charge in [-0.15, -0.1) is 0 Å². The highest BCUT2D eigenvalue weighted by molar-refractivity contribution is 7.99. The van der Waals surface area contributed by atoms with E-state index in [1.54, 1.807) is 11.8 Å². The molecular weight excluding hydrogens is 390 g/mol. The van der Waals surface area contributed by atoms with Gasteiger partial charge in [0.2, 0.25) is 6.79 Å². The molecule has 1 aromatic carbocycles. The quantitative estimate of drug-likeness (QED) is 0.561. The number of allylic oxidation sites excluding steroid dienone is 3. The van der Waals surface area contributed by atoms with E-state index in [0.717, 1.165) is 41.3 Å². The molecule has 0 aromatic heterocycles. The molecule has 0 bridgehead atoms. The minimum Gasteiger partial charge on any atom is -0.461 e. The van der Waals surface area contributed by atoms with E-state index in [9.17, 15) is 9.59 Å². The van der Waals surface area contributed by atoms with Gasteiger partial charge >= 0.3 is 5.97 Å². The van der Waals surface area contributed by atoms with E-state index in [1.165, 1.54) is 0 Å². The van der Waals surface area contributed by atoms with Crippen molar-refractivity contribution in [3.8, 4) is 11.5 Å². The molecule has 2 heterocycles. The predicted molar refractivity (Wildman–Crippen MR) is 111 cm³/mol. The maximum Gasteiger partial charge on any atom is 0.336 e. The van der Waals surface area contributed by atoms with E-state index in [-0.39, 0.29) is 18.5 Å². The van der Waals surface area contributed by atoms with E-state index in [4.69, 9.17) is 14.2 Å². The van der Waals surface area contributed by atoms with Gasteiger partial charge in [0, 0.05) is 35.1 Å². The van der Waals surface area contributed by atoms with Crippen molar-refractivity contribution in [2.75, 3.05) is 24.9 Å². The van der Waals surface area contributed by atoms with E-state index < -0.39 is 5.92 Å². The van der Waals surface area contributed by atoms with Gasteiger partial charge in [-0.25, -0.2) is 4.79 Å². The number of Topliss-reactive ketones (excluding diaryl/α,β-unsaturated/α-hetero) is 1. The molecule has 0 unspecified atom stereocenters. The highest BCUT2D eigenvalue weighted by atomic mass is 32.2. The van der Waals surface area contributed by atoms with Gasteiger partial charge in [0.05, 0.1) is 5.57 Å². The van der Waals surface area contributed by atoms with Crippen molar-refractivity contribution >= 4 is 23.5 Å². The lowest BCUT2D eigenvalue weighted by atomic mass is 9.75. The van der Waals surface area contributed by atoms with Gasteiger partial charge in [-0.1, -0.05) is 13.0 Å². The number of carbonyl (C=O) groups excluding carboxylic acids is 2. The fourth-order valence-electron chi connectivity index (χ4n) is 4.10. The van der Waals surface area contributed by atoms with Crippen LogP contribution in [0.25, 0.3) is 0 Å². The summed E-state index contributed by atoms with van der Waals surface area (Å²) in [5.74, 6) is 2.29. The first-order chi connectivity index (χ1) is 14.1. The second-order valence-electron chi connectivity index (χ2n) is 7.21. The van der Waals surface area contributed by atoms with Crippen molar-refractivity contribution in [1.82, 2.24) is 5.32 Å². The Hall–Kier alpha value is -2.41. The van der Waals surface area contributed by atoms with Gasteiger partial charge < -0.3 is 19.5 Å². The molecule has 7 heteroatoms. The summed E-state index contributed by atoms with van der Waals surface area (Å²) in [7, 11) is 0. The first-order valence-corrected chi connectivity index (χ1v) is 11.1. The van der Waals surface area contributed by atoms with Crippen molar-refractivity contribution in [3.63, 3.8) is 0 Å². The summed E-state index contributed by atoms with van der Waals surface area (Å²) in [5, 5.41) is 3.31. The molecule has 0 spiro atoms. The molecule has 1 aromatic rings. The van der Waals surface area contributed by atoms with Crippen molar-refractivity contribution in [3.05, 3.63) is 46.3 Å². The van der Waals surface area contributed by atoms with Gasteiger partial charge in [0.15, 0.2) is 17.3 Å². The molecule has 3 aliphatic rings. The third-order valence-electron chi connectivity index (χ3n) is 5.39. The molecule has 0 radical (unpaired) electrons. The first-order valence-electron chi connectivity index (χ1n) is 9.98. The van der Waals surface area contributed by atoms with Gasteiger partial charge in [-0.3, -0.25) is 4.79 Å². The number of esters is 1. The minimum absolute atomic E-state index is 0.0840. The molecule has 0 saturated carbocycles. The Labute approximate surface area is 174 Å². The molecule has 6 nitrogen and oxygen atoms in total. The monoisotopic (exact) mass is 415 g/mol. The molecular formula is C22H25NO5S. The average Bonchev–Trinajstić information content (AvgIpc) is 3.18. The van der Waals surface area contributed by atoms with Crippen LogP contribution in [0.2, 0.25) is 0 Å². The standard InChI is InChI=1S/C22H25NO5S/c1-3-29-10-9-26-22(25)19-13(2)23-15-5-4-6-16(24)21(15)20(19)14-7-8-17-18(11-14)28-12-27-17/h7-8,11,20,23H,3-6,9-10,12H2,1-2H3/t20-/m1/s1. The number of benzene rings is 1. The molecule has 4 rings (SSSR count). The summed E-state index contributed by atoms with van der Waals surface area (Å²) in [6.07, 6.45) is 2.12. The summed E-state index contributed by atoms with van der Waals surface area (Å²) in [6, 6.07) is 5.62. The molecule has 154 valence electrons. The number of fused-ring (bicyclic) bond motifs is 1. The lowest BCUT2D eigenvalue weighted by Crippen LogP contribution is -2.34. The zero-order chi connectivity index (χ0) is 20.4. The van der Waals surface area contributed by atoms with Crippen molar-refractivity contribution in [2.24, 2.45) is 0 Å². The summed E-state index contributed by atoms with van der Waals surface area (Å²) in [6.45, 7) is 4.47. The maximum absolute atomic E-state index is 13.1. The zero-order valence-corrected chi connectivity index (χ0v) is 17.5. The molecule has 2 aliphatic heterocycles. The van der Waals surface area contributed by atoms with Crippen molar-refractivity contribution in [1.29, 1.82) is 0 Å². The second kappa shape index (κ2) is 8.53. The average molecular weight is 416 g/mol. The van der Waals surface area contributed by atoms with Crippen LogP contribution in [-0.4, -0.2) is 36.7 Å². The number of rotatable bonds is 6. The number of carbonyl (C=O) groups is 2. The largest absolute Gasteiger partial charge is 0.461 e. The summed E-state index contributed by atoms with van der Waals surface area (Å²) in [4.78, 5) is 25.9. The summed E-state index contributed by atoms with van der Waals surface area (Å²) >= 11 is 1.72. The maximum atomic E-state index is 13.1. The van der Waals surface area contributed by atoms with Crippen molar-refractivity contribution in [2.45, 2.75) is 39.0 Å². The molecule has 0 fully saturated rings. The number of nitrogens with one attached hydrogen (secondary N) is 1. The number of dihydropyridines is 1. The third-order valence-corrected chi connectivity index (χ3v) is 6.25. The molecule has 1 N–H and O–H groups in total. The van der Waals surface area contributed by atoms with E-state index in [0.29, 0.717) is 35.7 Å². The fourth-order valence-corrected chi connectivity index (χ4v) is 4.59. The van der Waals surface area contributed by atoms with E-state index >= 15 is 0 Å². The van der Waals surface area contributed by atoms with Crippen LogP contribution in [0.1, 0.15) is 44.6 Å². The molecule has 29 heavy (non-hydrogen) atoms. The lowest BCUT2D eigenvalue weighted by Gasteiger charge is -2.34. The van der Waals surface area contributed by atoms with Gasteiger partial charge in [-0.05, 0) is 43.2 Å². The number of thioether (sulfide) groups is 1. The Morgan fingerprint density at radius 2 is 2.10 bits per heavy atom. The highest BCUT2D eigenvalue weighted by Gasteiger charge is 2.39. The van der Waals surface area contributed by atoms with Crippen LogP contribution < -0.4 is 14.8 Å². The number of ether oxygens (including phenoxy) is 3. The Bertz CT molecular complexity index is 904. The molecule has 0 saturated heterocycles. The van der Waals surface area contributed by atoms with Crippen LogP contribution in [0.15, 0.2) is 40.7 Å². The third kappa shape index (κ3) is 3.88. The molecule has 1 aliphatic carbocycles. The first kappa shape index (κ1) is 19.9. The second-order valence-corrected chi connectivity index (χ2v) is 8.61. The van der Waals surface area contributed by atoms with Crippen LogP contribution >= 0.6 is 11.8 Å². The topological polar surface area (TPSA) is 73.9 Å². The van der Waals surface area contributed by atoms with Gasteiger partial charge in [0.25, 0.3) is 0 Å². The Balaban J connectivity index is 1.72. The SMILES string of the molecule is CCSCCOC(=O)C1=C(C)NC2=C(C(=O)CCC2)[C@@H]1c1ccc2c(c1)OCO2. The summed E-state index contributed by atoms with van der Waals surface area (Å²) < 4.78 is 16.5. The van der Waals surface area contributed by atoms with Crippen LogP contribution in [0.4, 0.5) is 0 Å². The number of hydrogen-bond acceptors (Lipinski definition) is 7. The Morgan fingerprint density at radius 3 is 2.93 bits per heavy atom. The van der Waals surface area contributed by atoms with E-state index in [2.05, 4.69) is 12.2 Å². The smallest absolute Gasteiger partial charge is 0.336 e. The van der Waals surface area contributed by atoms with Crippen LogP contribution in [0.5, 0.6) is 11.5 Å². The van der Waals surface area contributed by atoms with Crippen LogP contribution in [0.3, 0.4) is 0 Å². The molecule has 1 atom stereocenters. The van der Waals surface area contributed by atoms with Crippen molar-refractivity contribution < 1.29 is 23.8 Å². The van der Waals surface area contributed by atoms with Gasteiger partial charge in [0.1, 0.15) is 6.61 Å². The zero-order valence-electron chi connectivity index (χ0n) is 16.7. The Kier molecular flexibility index (Phi) is 5.85.